The highest BCUT2D eigenvalue weighted by atomic mass is 16.3. The average Bonchev–Trinajstić information content (AvgIpc) is 2.93. The minimum absolute atomic E-state index is 0.269. The Morgan fingerprint density at radius 3 is 2.45 bits per heavy atom. The second-order valence-corrected chi connectivity index (χ2v) is 6.50. The van der Waals surface area contributed by atoms with Crippen LogP contribution in [0.5, 0.6) is 0 Å². The second kappa shape index (κ2) is 11.8. The number of unbranched alkanes of at least 4 members (excludes halogenated alkanes) is 6. The molecule has 1 aliphatic heterocycles. The minimum Gasteiger partial charge on any atom is -0.390 e. The number of quaternary nitrogens is 1. The summed E-state index contributed by atoms with van der Waals surface area (Å²) in [5.41, 5.74) is 0. The largest absolute Gasteiger partial charge is 0.390 e. The summed E-state index contributed by atoms with van der Waals surface area (Å²) in [6, 6.07) is 0. The summed E-state index contributed by atoms with van der Waals surface area (Å²) in [6.07, 6.45) is 16.2. The molecule has 1 heterocycles. The Kier molecular flexibility index (Phi) is 10.4. The highest BCUT2D eigenvalue weighted by Crippen LogP contribution is 2.19. The zero-order valence-electron chi connectivity index (χ0n) is 14.9. The summed E-state index contributed by atoms with van der Waals surface area (Å²) in [5, 5.41) is 9.31. The van der Waals surface area contributed by atoms with Gasteiger partial charge in [0.2, 0.25) is 0 Å². The lowest BCUT2D eigenvalue weighted by atomic mass is 10.1. The van der Waals surface area contributed by atoms with Crippen molar-refractivity contribution in [1.82, 2.24) is 0 Å². The fourth-order valence-electron chi connectivity index (χ4n) is 3.38. The van der Waals surface area contributed by atoms with E-state index < -0.39 is 0 Å². The number of likely N-dealkylation sites (N-methyl/N-ethyl adjacent to an activating group) is 1. The lowest BCUT2D eigenvalue weighted by Gasteiger charge is -2.33. The Labute approximate surface area is 137 Å². The quantitative estimate of drug-likeness (QED) is 0.307. The molecule has 0 aromatic heterocycles. The van der Waals surface area contributed by atoms with Crippen molar-refractivity contribution in [1.29, 1.82) is 0 Å². The topological polar surface area (TPSA) is 32.6 Å². The third-order valence-electron chi connectivity index (χ3n) is 4.92. The first-order valence-corrected chi connectivity index (χ1v) is 9.45. The van der Waals surface area contributed by atoms with Crippen LogP contribution in [-0.2, 0) is 0 Å². The van der Waals surface area contributed by atoms with Gasteiger partial charge in [0, 0.05) is 6.42 Å². The third-order valence-corrected chi connectivity index (χ3v) is 4.92. The molecule has 0 aliphatic carbocycles. The van der Waals surface area contributed by atoms with Gasteiger partial charge in [0.15, 0.2) is 5.84 Å². The summed E-state index contributed by atoms with van der Waals surface area (Å²) >= 11 is 0. The van der Waals surface area contributed by atoms with Gasteiger partial charge in [-0.05, 0) is 32.6 Å². The van der Waals surface area contributed by atoms with Crippen molar-refractivity contribution in [3.63, 3.8) is 0 Å². The van der Waals surface area contributed by atoms with Crippen LogP contribution in [0.4, 0.5) is 0 Å². The number of hydrogen-bond acceptors (Lipinski definition) is 2. The lowest BCUT2D eigenvalue weighted by Crippen LogP contribution is -2.52. The highest BCUT2D eigenvalue weighted by molar-refractivity contribution is 5.76. The molecule has 0 spiro atoms. The molecule has 0 amide bonds. The average molecular weight is 310 g/mol. The van der Waals surface area contributed by atoms with Crippen molar-refractivity contribution >= 4 is 5.84 Å². The molecule has 0 fully saturated rings. The number of rotatable bonds is 13. The van der Waals surface area contributed by atoms with Crippen molar-refractivity contribution in [2.75, 3.05) is 32.8 Å². The third kappa shape index (κ3) is 6.62. The number of amidine groups is 1. The molecule has 0 saturated heterocycles. The molecule has 1 N–H and O–H groups in total. The predicted molar refractivity (Wildman–Crippen MR) is 96.3 cm³/mol. The van der Waals surface area contributed by atoms with Gasteiger partial charge in [-0.3, -0.25) is 4.48 Å². The van der Waals surface area contributed by atoms with Crippen LogP contribution in [0.3, 0.4) is 0 Å². The second-order valence-electron chi connectivity index (χ2n) is 6.50. The maximum atomic E-state index is 9.31. The van der Waals surface area contributed by atoms with Gasteiger partial charge in [0.25, 0.3) is 0 Å². The minimum atomic E-state index is 0.269. The van der Waals surface area contributed by atoms with Crippen LogP contribution in [0, 0.1) is 0 Å². The number of allylic oxidation sites excluding steroid dienone is 2. The Morgan fingerprint density at radius 2 is 1.77 bits per heavy atom. The van der Waals surface area contributed by atoms with E-state index >= 15 is 0 Å². The normalized spacial score (nSPS) is 21.7. The number of aliphatic hydroxyl groups excluding tert-OH is 1. The molecule has 22 heavy (non-hydrogen) atoms. The first-order valence-electron chi connectivity index (χ1n) is 9.45. The van der Waals surface area contributed by atoms with Crippen LogP contribution < -0.4 is 0 Å². The van der Waals surface area contributed by atoms with E-state index in [4.69, 9.17) is 4.99 Å². The standard InChI is InChI=1S/C19H37N2O/c1-3-5-6-7-8-9-10-11-12-13-14-19-20-15-16-21(19,4-2)17-18-22/h10-11,22H,3-9,12-18H2,1-2H3/q+1/b11-10+. The van der Waals surface area contributed by atoms with Crippen molar-refractivity contribution in [2.24, 2.45) is 4.99 Å². The summed E-state index contributed by atoms with van der Waals surface area (Å²) < 4.78 is 0.928. The van der Waals surface area contributed by atoms with Crippen LogP contribution in [0.25, 0.3) is 0 Å². The Bertz CT molecular complexity index is 338. The van der Waals surface area contributed by atoms with E-state index in [2.05, 4.69) is 26.0 Å². The smallest absolute Gasteiger partial charge is 0.198 e. The molecule has 0 bridgehead atoms. The zero-order valence-corrected chi connectivity index (χ0v) is 14.9. The number of aliphatic imine (C=N–C) groups is 1. The maximum Gasteiger partial charge on any atom is 0.198 e. The number of nitrogens with zero attached hydrogens (tertiary/aromatic N) is 2. The molecule has 128 valence electrons. The molecular weight excluding hydrogens is 272 g/mol. The highest BCUT2D eigenvalue weighted by Gasteiger charge is 2.35. The molecule has 1 atom stereocenters. The summed E-state index contributed by atoms with van der Waals surface area (Å²) in [5.74, 6) is 1.32. The molecule has 0 radical (unpaired) electrons. The van der Waals surface area contributed by atoms with Gasteiger partial charge in [-0.25, -0.2) is 4.99 Å². The number of hydrogen-bond donors (Lipinski definition) is 1. The SMILES string of the molecule is CCCCCCC/C=C/CCCC1=NCC[N+]1(CC)CCO. The van der Waals surface area contributed by atoms with Gasteiger partial charge in [0.05, 0.1) is 19.7 Å². The van der Waals surface area contributed by atoms with Crippen molar-refractivity contribution < 1.29 is 9.59 Å². The van der Waals surface area contributed by atoms with Crippen LogP contribution >= 0.6 is 0 Å². The molecule has 3 nitrogen and oxygen atoms in total. The van der Waals surface area contributed by atoms with E-state index in [0.29, 0.717) is 0 Å². The van der Waals surface area contributed by atoms with E-state index in [-0.39, 0.29) is 6.61 Å². The molecule has 0 aromatic carbocycles. The van der Waals surface area contributed by atoms with E-state index in [9.17, 15) is 5.11 Å². The van der Waals surface area contributed by atoms with Crippen LogP contribution in [0.2, 0.25) is 0 Å². The Hall–Kier alpha value is -0.670. The fourth-order valence-corrected chi connectivity index (χ4v) is 3.38. The van der Waals surface area contributed by atoms with E-state index in [1.165, 1.54) is 50.8 Å². The fraction of sp³-hybridized carbons (Fsp3) is 0.842. The van der Waals surface area contributed by atoms with Gasteiger partial charge in [-0.15, -0.1) is 0 Å². The number of aliphatic hydroxyl groups is 1. The molecule has 1 unspecified atom stereocenters. The van der Waals surface area contributed by atoms with Gasteiger partial charge in [-0.1, -0.05) is 44.8 Å². The summed E-state index contributed by atoms with van der Waals surface area (Å²) in [4.78, 5) is 4.71. The predicted octanol–water partition coefficient (Wildman–Crippen LogP) is 4.31. The van der Waals surface area contributed by atoms with Gasteiger partial charge in [-0.2, -0.15) is 0 Å². The van der Waals surface area contributed by atoms with Crippen LogP contribution in [-0.4, -0.2) is 48.2 Å². The first kappa shape index (κ1) is 19.4. The first-order chi connectivity index (χ1) is 10.8. The lowest BCUT2D eigenvalue weighted by molar-refractivity contribution is -0.835. The Morgan fingerprint density at radius 1 is 1.05 bits per heavy atom. The molecule has 1 aliphatic rings. The van der Waals surface area contributed by atoms with Gasteiger partial charge < -0.3 is 5.11 Å². The van der Waals surface area contributed by atoms with E-state index in [1.54, 1.807) is 0 Å². The molecule has 0 saturated carbocycles. The molecule has 1 rings (SSSR count). The Balaban J connectivity index is 2.13. The molecule has 3 heteroatoms. The summed E-state index contributed by atoms with van der Waals surface area (Å²) in [7, 11) is 0. The van der Waals surface area contributed by atoms with Crippen molar-refractivity contribution in [3.8, 4) is 0 Å². The van der Waals surface area contributed by atoms with Gasteiger partial charge >= 0.3 is 0 Å². The van der Waals surface area contributed by atoms with E-state index in [1.807, 2.05) is 0 Å². The summed E-state index contributed by atoms with van der Waals surface area (Å²) in [6.45, 7) is 8.67. The maximum absolute atomic E-state index is 9.31. The van der Waals surface area contributed by atoms with Crippen molar-refractivity contribution in [2.45, 2.75) is 71.6 Å². The van der Waals surface area contributed by atoms with Crippen molar-refractivity contribution in [3.05, 3.63) is 12.2 Å². The van der Waals surface area contributed by atoms with E-state index in [0.717, 1.165) is 43.5 Å². The molecule has 0 aromatic rings. The zero-order chi connectivity index (χ0) is 16.1. The van der Waals surface area contributed by atoms with Gasteiger partial charge in [0.1, 0.15) is 13.1 Å². The molecular formula is C19H37N2O+. The monoisotopic (exact) mass is 309 g/mol. The van der Waals surface area contributed by atoms with Crippen LogP contribution in [0.1, 0.15) is 71.6 Å². The van der Waals surface area contributed by atoms with Crippen LogP contribution in [0.15, 0.2) is 17.1 Å².